The molecule has 28 heavy (non-hydrogen) atoms. The summed E-state index contributed by atoms with van der Waals surface area (Å²) in [5.74, 6) is -0.0480. The summed E-state index contributed by atoms with van der Waals surface area (Å²) in [5, 5.41) is 9.56. The van der Waals surface area contributed by atoms with E-state index in [0.29, 0.717) is 5.69 Å². The third-order valence-electron chi connectivity index (χ3n) is 5.01. The molecule has 0 aliphatic carbocycles. The first kappa shape index (κ1) is 17.4. The number of anilines is 1. The SMILES string of the molecule is Cc1ccc(N2C(=O)c3[nH]nc(-c4ccc(Br)cc4)c3C2c2cccs2)cc1. The fourth-order valence-electron chi connectivity index (χ4n) is 3.66. The lowest BCUT2D eigenvalue weighted by atomic mass is 10.0. The number of carbonyl (C=O) groups is 1. The number of nitrogens with one attached hydrogen (secondary N) is 1. The summed E-state index contributed by atoms with van der Waals surface area (Å²) in [6, 6.07) is 20.0. The van der Waals surface area contributed by atoms with Crippen molar-refractivity contribution in [1.82, 2.24) is 10.2 Å². The molecule has 0 fully saturated rings. The van der Waals surface area contributed by atoms with E-state index >= 15 is 0 Å². The van der Waals surface area contributed by atoms with Crippen molar-refractivity contribution in [2.24, 2.45) is 0 Å². The largest absolute Gasteiger partial charge is 0.294 e. The Morgan fingerprint density at radius 3 is 2.50 bits per heavy atom. The van der Waals surface area contributed by atoms with E-state index in [-0.39, 0.29) is 11.9 Å². The molecule has 2 aromatic heterocycles. The maximum atomic E-state index is 13.3. The summed E-state index contributed by atoms with van der Waals surface area (Å²) in [6.07, 6.45) is 0. The number of carbonyl (C=O) groups excluding carboxylic acids is 1. The van der Waals surface area contributed by atoms with E-state index in [1.54, 1.807) is 11.3 Å². The zero-order valence-corrected chi connectivity index (χ0v) is 17.4. The van der Waals surface area contributed by atoms with Gasteiger partial charge in [0, 0.05) is 26.2 Å². The molecule has 4 aromatic rings. The van der Waals surface area contributed by atoms with Crippen LogP contribution in [0.25, 0.3) is 11.3 Å². The van der Waals surface area contributed by atoms with Gasteiger partial charge in [0.15, 0.2) is 0 Å². The Kier molecular flexibility index (Phi) is 4.18. The molecule has 1 unspecified atom stereocenters. The van der Waals surface area contributed by atoms with Crippen LogP contribution in [0.3, 0.4) is 0 Å². The van der Waals surface area contributed by atoms with Crippen molar-refractivity contribution in [2.75, 3.05) is 4.90 Å². The van der Waals surface area contributed by atoms with Crippen LogP contribution >= 0.6 is 27.3 Å². The maximum Gasteiger partial charge on any atom is 0.277 e. The number of H-pyrrole nitrogens is 1. The van der Waals surface area contributed by atoms with Crippen molar-refractivity contribution in [2.45, 2.75) is 13.0 Å². The van der Waals surface area contributed by atoms with Gasteiger partial charge in [-0.25, -0.2) is 0 Å². The van der Waals surface area contributed by atoms with E-state index in [2.05, 4.69) is 32.2 Å². The molecule has 2 aromatic carbocycles. The number of halogens is 1. The van der Waals surface area contributed by atoms with Crippen LogP contribution in [0.5, 0.6) is 0 Å². The minimum Gasteiger partial charge on any atom is -0.294 e. The Morgan fingerprint density at radius 1 is 1.07 bits per heavy atom. The van der Waals surface area contributed by atoms with Crippen LogP contribution in [0, 0.1) is 6.92 Å². The van der Waals surface area contributed by atoms with E-state index in [1.807, 2.05) is 71.8 Å². The van der Waals surface area contributed by atoms with Gasteiger partial charge in [-0.2, -0.15) is 5.10 Å². The third kappa shape index (κ3) is 2.72. The van der Waals surface area contributed by atoms with Gasteiger partial charge >= 0.3 is 0 Å². The number of amides is 1. The maximum absolute atomic E-state index is 13.3. The summed E-state index contributed by atoms with van der Waals surface area (Å²) in [7, 11) is 0. The molecule has 0 saturated carbocycles. The van der Waals surface area contributed by atoms with Crippen molar-refractivity contribution in [3.05, 3.63) is 92.2 Å². The highest BCUT2D eigenvalue weighted by Crippen LogP contribution is 2.46. The summed E-state index contributed by atoms with van der Waals surface area (Å²) < 4.78 is 1.01. The Balaban J connectivity index is 1.70. The van der Waals surface area contributed by atoms with Crippen LogP contribution in [0.2, 0.25) is 0 Å². The van der Waals surface area contributed by atoms with E-state index < -0.39 is 0 Å². The highest BCUT2D eigenvalue weighted by Gasteiger charge is 2.43. The molecule has 3 heterocycles. The number of aromatic amines is 1. The quantitative estimate of drug-likeness (QED) is 0.419. The summed E-state index contributed by atoms with van der Waals surface area (Å²) in [6.45, 7) is 2.05. The normalized spacial score (nSPS) is 15.9. The molecular weight excluding hydrogens is 434 g/mol. The molecule has 1 atom stereocenters. The lowest BCUT2D eigenvalue weighted by Crippen LogP contribution is -2.28. The summed E-state index contributed by atoms with van der Waals surface area (Å²) in [5.41, 5.74) is 5.37. The average molecular weight is 450 g/mol. The number of hydrogen-bond acceptors (Lipinski definition) is 3. The number of rotatable bonds is 3. The molecule has 1 aliphatic heterocycles. The van der Waals surface area contributed by atoms with E-state index in [0.717, 1.165) is 31.9 Å². The smallest absolute Gasteiger partial charge is 0.277 e. The van der Waals surface area contributed by atoms with Gasteiger partial charge in [0.2, 0.25) is 0 Å². The van der Waals surface area contributed by atoms with Crippen molar-refractivity contribution in [3.8, 4) is 11.3 Å². The van der Waals surface area contributed by atoms with Crippen LogP contribution < -0.4 is 4.90 Å². The number of thiophene rings is 1. The lowest BCUT2D eigenvalue weighted by Gasteiger charge is -2.25. The molecule has 5 rings (SSSR count). The molecule has 0 radical (unpaired) electrons. The molecule has 1 N–H and O–H groups in total. The highest BCUT2D eigenvalue weighted by atomic mass is 79.9. The minimum atomic E-state index is -0.192. The Labute approximate surface area is 175 Å². The van der Waals surface area contributed by atoms with Crippen LogP contribution in [-0.2, 0) is 0 Å². The van der Waals surface area contributed by atoms with Gasteiger partial charge in [-0.05, 0) is 42.6 Å². The third-order valence-corrected chi connectivity index (χ3v) is 6.46. The monoisotopic (exact) mass is 449 g/mol. The second-order valence-corrected chi connectivity index (χ2v) is 8.69. The summed E-state index contributed by atoms with van der Waals surface area (Å²) >= 11 is 5.14. The number of aromatic nitrogens is 2. The van der Waals surface area contributed by atoms with Crippen LogP contribution in [0.4, 0.5) is 5.69 Å². The zero-order valence-electron chi connectivity index (χ0n) is 15.0. The number of benzene rings is 2. The first-order valence-corrected chi connectivity index (χ1v) is 10.6. The Hall–Kier alpha value is -2.70. The minimum absolute atomic E-state index is 0.0480. The Morgan fingerprint density at radius 2 is 1.82 bits per heavy atom. The van der Waals surface area contributed by atoms with Crippen LogP contribution in [0.1, 0.15) is 32.5 Å². The number of nitrogens with zero attached hydrogens (tertiary/aromatic N) is 2. The number of hydrogen-bond donors (Lipinski definition) is 1. The first-order valence-electron chi connectivity index (χ1n) is 8.91. The predicted molar refractivity (Wildman–Crippen MR) is 116 cm³/mol. The number of fused-ring (bicyclic) bond motifs is 1. The fourth-order valence-corrected chi connectivity index (χ4v) is 4.75. The zero-order chi connectivity index (χ0) is 19.3. The van der Waals surface area contributed by atoms with Crippen molar-refractivity contribution >= 4 is 38.9 Å². The van der Waals surface area contributed by atoms with Crippen molar-refractivity contribution in [1.29, 1.82) is 0 Å². The van der Waals surface area contributed by atoms with Crippen molar-refractivity contribution < 1.29 is 4.79 Å². The standard InChI is InChI=1S/C22H16BrN3OS/c1-13-4-10-16(11-5-13)26-21(17-3-2-12-28-17)18-19(24-25-20(18)22(26)27)14-6-8-15(23)9-7-14/h2-12,21H,1H3,(H,24,25). The van der Waals surface area contributed by atoms with Gasteiger partial charge in [0.05, 0.1) is 5.69 Å². The van der Waals surface area contributed by atoms with Gasteiger partial charge in [-0.3, -0.25) is 14.8 Å². The molecular formula is C22H16BrN3OS. The van der Waals surface area contributed by atoms with Crippen LogP contribution in [0.15, 0.2) is 70.5 Å². The molecule has 138 valence electrons. The van der Waals surface area contributed by atoms with Gasteiger partial charge in [0.25, 0.3) is 5.91 Å². The van der Waals surface area contributed by atoms with E-state index in [9.17, 15) is 4.79 Å². The predicted octanol–water partition coefficient (Wildman–Crippen LogP) is 5.96. The second kappa shape index (κ2) is 6.72. The fraction of sp³-hybridized carbons (Fsp3) is 0.0909. The van der Waals surface area contributed by atoms with Gasteiger partial charge < -0.3 is 0 Å². The molecule has 6 heteroatoms. The molecule has 0 spiro atoms. The lowest BCUT2D eigenvalue weighted by molar-refractivity contribution is 0.0989. The van der Waals surface area contributed by atoms with Crippen molar-refractivity contribution in [3.63, 3.8) is 0 Å². The molecule has 4 nitrogen and oxygen atoms in total. The molecule has 1 amide bonds. The highest BCUT2D eigenvalue weighted by molar-refractivity contribution is 9.10. The second-order valence-electron chi connectivity index (χ2n) is 6.80. The van der Waals surface area contributed by atoms with E-state index in [4.69, 9.17) is 0 Å². The van der Waals surface area contributed by atoms with Gasteiger partial charge in [-0.1, -0.05) is 51.8 Å². The van der Waals surface area contributed by atoms with Gasteiger partial charge in [0.1, 0.15) is 11.7 Å². The first-order chi connectivity index (χ1) is 13.6. The topological polar surface area (TPSA) is 49.0 Å². The molecule has 1 aliphatic rings. The average Bonchev–Trinajstić information content (AvgIpc) is 3.42. The van der Waals surface area contributed by atoms with E-state index in [1.165, 1.54) is 5.56 Å². The molecule has 0 bridgehead atoms. The number of aryl methyl sites for hydroxylation is 1. The van der Waals surface area contributed by atoms with Crippen LogP contribution in [-0.4, -0.2) is 16.1 Å². The summed E-state index contributed by atoms with van der Waals surface area (Å²) in [4.78, 5) is 16.3. The Bertz CT molecular complexity index is 1150. The van der Waals surface area contributed by atoms with Gasteiger partial charge in [-0.15, -0.1) is 11.3 Å². The molecule has 0 saturated heterocycles.